The molecule has 0 aromatic rings. The van der Waals surface area contributed by atoms with Gasteiger partial charge in [-0.3, -0.25) is 4.79 Å². The normalized spacial score (nSPS) is 15.8. The molecule has 60 valence electrons. The summed E-state index contributed by atoms with van der Waals surface area (Å²) >= 11 is 0. The minimum absolute atomic E-state index is 0.191. The number of esters is 1. The van der Waals surface area contributed by atoms with Crippen molar-refractivity contribution < 1.29 is 10.9 Å². The Bertz CT molecular complexity index is 136. The van der Waals surface area contributed by atoms with Crippen molar-refractivity contribution in [3.63, 3.8) is 0 Å². The van der Waals surface area contributed by atoms with Crippen LogP contribution < -0.4 is 0 Å². The zero-order valence-corrected chi connectivity index (χ0v) is 7.10. The Labute approximate surface area is 64.0 Å². The molecule has 0 fully saturated rings. The van der Waals surface area contributed by atoms with Crippen LogP contribution in [0.2, 0.25) is 0 Å². The number of ether oxygens (including phenoxy) is 1. The first-order valence-corrected chi connectivity index (χ1v) is 3.43. The van der Waals surface area contributed by atoms with Crippen molar-refractivity contribution in [3.8, 4) is 0 Å². The molecule has 0 N–H and O–H groups in total. The molecule has 0 unspecified atom stereocenters. The third kappa shape index (κ3) is 3.49. The third-order valence-corrected chi connectivity index (χ3v) is 0.993. The summed E-state index contributed by atoms with van der Waals surface area (Å²) in [6.45, 7) is 7.27. The van der Waals surface area contributed by atoms with Gasteiger partial charge in [0.2, 0.25) is 0 Å². The first-order valence-electron chi connectivity index (χ1n) is 4.01. The van der Waals surface area contributed by atoms with Crippen molar-refractivity contribution >= 4 is 5.97 Å². The minimum atomic E-state index is -0.450. The Hall–Kier alpha value is -0.530. The second kappa shape index (κ2) is 3.59. The molecule has 0 aliphatic heterocycles. The van der Waals surface area contributed by atoms with Crippen molar-refractivity contribution in [2.24, 2.45) is 5.41 Å². The van der Waals surface area contributed by atoms with Crippen molar-refractivity contribution in [2.45, 2.75) is 34.1 Å². The van der Waals surface area contributed by atoms with E-state index in [1.54, 1.807) is 27.7 Å². The molecule has 0 saturated carbocycles. The van der Waals surface area contributed by atoms with Crippen LogP contribution in [0.4, 0.5) is 0 Å². The second-order valence-corrected chi connectivity index (χ2v) is 3.26. The third-order valence-electron chi connectivity index (χ3n) is 0.993. The summed E-state index contributed by atoms with van der Waals surface area (Å²) in [5.41, 5.74) is -0.450. The summed E-state index contributed by atoms with van der Waals surface area (Å²) in [5, 5.41) is 0. The molecule has 0 aromatic heterocycles. The topological polar surface area (TPSA) is 26.3 Å². The highest BCUT2D eigenvalue weighted by atomic mass is 16.5. The van der Waals surface area contributed by atoms with Gasteiger partial charge in [0.25, 0.3) is 0 Å². The number of rotatable bonds is 2. The Kier molecular flexibility index (Phi) is 2.72. The molecule has 0 aliphatic carbocycles. The van der Waals surface area contributed by atoms with Gasteiger partial charge in [-0.05, 0) is 27.2 Å². The van der Waals surface area contributed by atoms with Gasteiger partial charge >= 0.3 is 5.97 Å². The van der Waals surface area contributed by atoms with Gasteiger partial charge in [0.1, 0.15) is 0 Å². The van der Waals surface area contributed by atoms with Crippen LogP contribution in [-0.4, -0.2) is 12.6 Å². The van der Waals surface area contributed by atoms with Crippen molar-refractivity contribution in [1.82, 2.24) is 0 Å². The first-order chi connectivity index (χ1) is 4.84. The number of hydrogen-bond donors (Lipinski definition) is 0. The van der Waals surface area contributed by atoms with E-state index >= 15 is 0 Å². The fourth-order valence-electron chi connectivity index (χ4n) is 0.376. The molecule has 0 rings (SSSR count). The van der Waals surface area contributed by atoms with E-state index in [0.717, 1.165) is 0 Å². The molecule has 2 heteroatoms. The number of hydrogen-bond acceptors (Lipinski definition) is 2. The molecule has 0 bridgehead atoms. The van der Waals surface area contributed by atoms with Gasteiger partial charge in [-0.2, -0.15) is 0 Å². The molecule has 0 aromatic carbocycles. The molecular formula is C8H16O2. The van der Waals surface area contributed by atoms with Gasteiger partial charge in [0.05, 0.1) is 12.0 Å². The van der Waals surface area contributed by atoms with Crippen molar-refractivity contribution in [1.29, 1.82) is 0 Å². The van der Waals surface area contributed by atoms with E-state index in [0.29, 0.717) is 0 Å². The number of carbonyl (C=O) groups is 1. The molecule has 2 nitrogen and oxygen atoms in total. The lowest BCUT2D eigenvalue weighted by molar-refractivity contribution is -0.152. The first kappa shape index (κ1) is 7.58. The van der Waals surface area contributed by atoms with Crippen molar-refractivity contribution in [2.75, 3.05) is 6.61 Å². The maximum atomic E-state index is 11.1. The highest BCUT2D eigenvalue weighted by Crippen LogP contribution is 2.14. The van der Waals surface area contributed by atoms with Gasteiger partial charge in [-0.1, -0.05) is 6.92 Å². The molecule has 0 radical (unpaired) electrons. The summed E-state index contributed by atoms with van der Waals surface area (Å²) in [4.78, 5) is 11.1. The molecule has 0 saturated heterocycles. The van der Waals surface area contributed by atoms with Gasteiger partial charge in [-0.25, -0.2) is 0 Å². The minimum Gasteiger partial charge on any atom is -0.465 e. The molecule has 0 heterocycles. The fourth-order valence-corrected chi connectivity index (χ4v) is 0.376. The molecule has 0 aliphatic rings. The monoisotopic (exact) mass is 145 g/mol. The van der Waals surface area contributed by atoms with Crippen LogP contribution in [-0.2, 0) is 9.53 Å². The van der Waals surface area contributed by atoms with Crippen LogP contribution in [0.15, 0.2) is 0 Å². The van der Waals surface area contributed by atoms with Crippen LogP contribution in [0, 0.1) is 5.41 Å². The van der Waals surface area contributed by atoms with Crippen LogP contribution in [0.3, 0.4) is 0 Å². The Balaban J connectivity index is 3.71. The average Bonchev–Trinajstić information content (AvgIpc) is 1.80. The largest absolute Gasteiger partial charge is 0.465 e. The summed E-state index contributed by atoms with van der Waals surface area (Å²) in [6, 6.07) is 0. The maximum absolute atomic E-state index is 11.1. The highest BCUT2D eigenvalue weighted by molar-refractivity contribution is 5.75. The second-order valence-electron chi connectivity index (χ2n) is 3.26. The lowest BCUT2D eigenvalue weighted by atomic mass is 9.97. The van der Waals surface area contributed by atoms with Crippen LogP contribution in [0.1, 0.15) is 35.5 Å². The van der Waals surface area contributed by atoms with E-state index in [1.807, 2.05) is 0 Å². The quantitative estimate of drug-likeness (QED) is 0.555. The smallest absolute Gasteiger partial charge is 0.311 e. The summed E-state index contributed by atoms with van der Waals surface area (Å²) < 4.78 is 11.9. The van der Waals surface area contributed by atoms with E-state index < -0.39 is 5.41 Å². The summed E-state index contributed by atoms with van der Waals surface area (Å²) in [6.07, 6.45) is -0.332. The summed E-state index contributed by atoms with van der Waals surface area (Å²) in [7, 11) is 0. The molecule has 10 heavy (non-hydrogen) atoms. The van der Waals surface area contributed by atoms with E-state index in [9.17, 15) is 4.79 Å². The molecule has 1 atom stereocenters. The van der Waals surface area contributed by atoms with E-state index in [-0.39, 0.29) is 19.0 Å². The fraction of sp³-hybridized carbons (Fsp3) is 0.875. The predicted octanol–water partition coefficient (Wildman–Crippen LogP) is 1.99. The zero-order chi connectivity index (χ0) is 9.07. The lowest BCUT2D eigenvalue weighted by Gasteiger charge is -2.15. The Morgan fingerprint density at radius 3 is 2.40 bits per heavy atom. The van der Waals surface area contributed by atoms with Crippen LogP contribution in [0.25, 0.3) is 0 Å². The molecule has 0 spiro atoms. The maximum Gasteiger partial charge on any atom is 0.311 e. The van der Waals surface area contributed by atoms with Gasteiger partial charge in [0, 0.05) is 1.37 Å². The average molecular weight is 145 g/mol. The van der Waals surface area contributed by atoms with E-state index in [1.165, 1.54) is 0 Å². The Morgan fingerprint density at radius 2 is 2.10 bits per heavy atom. The highest BCUT2D eigenvalue weighted by Gasteiger charge is 2.22. The predicted molar refractivity (Wildman–Crippen MR) is 40.7 cm³/mol. The van der Waals surface area contributed by atoms with E-state index in [2.05, 4.69) is 0 Å². The summed E-state index contributed by atoms with van der Waals surface area (Å²) in [5.74, 6) is -0.239. The van der Waals surface area contributed by atoms with Crippen molar-refractivity contribution in [3.05, 3.63) is 0 Å². The molecular weight excluding hydrogens is 128 g/mol. The Morgan fingerprint density at radius 1 is 1.60 bits per heavy atom. The lowest BCUT2D eigenvalue weighted by Crippen LogP contribution is -2.23. The van der Waals surface area contributed by atoms with Crippen LogP contribution in [0.5, 0.6) is 0 Å². The van der Waals surface area contributed by atoms with Gasteiger partial charge in [0.15, 0.2) is 0 Å². The van der Waals surface area contributed by atoms with Gasteiger partial charge < -0.3 is 4.74 Å². The van der Waals surface area contributed by atoms with E-state index in [4.69, 9.17) is 6.11 Å². The zero-order valence-electron chi connectivity index (χ0n) is 8.10. The number of carbonyl (C=O) groups excluding carboxylic acids is 1. The SMILES string of the molecule is [2H][C@H](C)COC(=O)C(C)(C)C. The van der Waals surface area contributed by atoms with Crippen LogP contribution >= 0.6 is 0 Å². The standard InChI is InChI=1S/C8H16O2/c1-5-6-10-7(9)8(2,3)4/h5-6H2,1-4H3/i5D/t5-/m1/s1. The molecule has 0 amide bonds. The van der Waals surface area contributed by atoms with Gasteiger partial charge in [-0.15, -0.1) is 0 Å².